The van der Waals surface area contributed by atoms with Gasteiger partial charge in [0.15, 0.2) is 0 Å². The maximum atomic E-state index is 13.4. The minimum absolute atomic E-state index is 0.0144. The summed E-state index contributed by atoms with van der Waals surface area (Å²) in [6.07, 6.45) is 1.78. The number of carbonyl (C=O) groups excluding carboxylic acids is 1. The van der Waals surface area contributed by atoms with Gasteiger partial charge in [0.25, 0.3) is 5.69 Å². The third-order valence-corrected chi connectivity index (χ3v) is 5.03. The number of aromatic nitrogens is 1. The molecule has 5 nitrogen and oxygen atoms in total. The fraction of sp³-hybridized carbons (Fsp3) is 0. The summed E-state index contributed by atoms with van der Waals surface area (Å²) in [5.41, 5.74) is 2.66. The number of ketones is 1. The Labute approximate surface area is 169 Å². The van der Waals surface area contributed by atoms with Crippen LogP contribution >= 0.6 is 23.2 Å². The minimum atomic E-state index is -0.602. The van der Waals surface area contributed by atoms with Gasteiger partial charge in [0.1, 0.15) is 10.7 Å². The fourth-order valence-corrected chi connectivity index (χ4v) is 3.45. The Morgan fingerprint density at radius 2 is 1.71 bits per heavy atom. The first-order chi connectivity index (χ1) is 13.5. The van der Waals surface area contributed by atoms with E-state index in [0.717, 1.165) is 11.1 Å². The second-order valence-corrected chi connectivity index (χ2v) is 7.01. The Balaban J connectivity index is 1.94. The lowest BCUT2D eigenvalue weighted by Crippen LogP contribution is -2.07. The molecule has 7 heteroatoms. The second-order valence-electron chi connectivity index (χ2n) is 6.16. The van der Waals surface area contributed by atoms with Gasteiger partial charge in [-0.25, -0.2) is 0 Å². The molecule has 28 heavy (non-hydrogen) atoms. The Morgan fingerprint density at radius 1 is 0.964 bits per heavy atom. The Bertz CT molecular complexity index is 1230. The molecule has 0 aliphatic rings. The molecule has 0 aliphatic heterocycles. The number of nitro groups is 1. The average Bonchev–Trinajstić information content (AvgIpc) is 3.07. The lowest BCUT2D eigenvalue weighted by atomic mass is 10.00. The van der Waals surface area contributed by atoms with Crippen molar-refractivity contribution in [1.29, 1.82) is 0 Å². The monoisotopic (exact) mass is 410 g/mol. The Kier molecular flexibility index (Phi) is 4.63. The number of fused-ring (bicyclic) bond motifs is 1. The SMILES string of the molecule is O=C(c1ccc(Cl)c([N+](=O)[O-])c1)c1c(-c2ccc(Cl)cc2)cc2ccccn12. The van der Waals surface area contributed by atoms with E-state index in [1.54, 1.807) is 22.7 Å². The number of hydrogen-bond donors (Lipinski definition) is 0. The molecule has 0 N–H and O–H groups in total. The number of pyridine rings is 1. The van der Waals surface area contributed by atoms with Crippen molar-refractivity contribution in [2.75, 3.05) is 0 Å². The van der Waals surface area contributed by atoms with Crippen LogP contribution in [0.25, 0.3) is 16.6 Å². The summed E-state index contributed by atoms with van der Waals surface area (Å²) >= 11 is 11.9. The summed E-state index contributed by atoms with van der Waals surface area (Å²) in [6.45, 7) is 0. The standard InChI is InChI=1S/C21H12Cl2N2O3/c22-15-7-4-13(5-8-15)17-12-16-3-1-2-10-24(16)20(17)21(26)14-6-9-18(23)19(11-14)25(27)28/h1-12H. The number of halogens is 2. The third-order valence-electron chi connectivity index (χ3n) is 4.45. The molecule has 0 spiro atoms. The first-order valence-corrected chi connectivity index (χ1v) is 9.06. The molecule has 0 fully saturated rings. The van der Waals surface area contributed by atoms with Crippen LogP contribution in [0.3, 0.4) is 0 Å². The average molecular weight is 411 g/mol. The lowest BCUT2D eigenvalue weighted by molar-refractivity contribution is -0.384. The van der Waals surface area contributed by atoms with Gasteiger partial charge in [-0.15, -0.1) is 0 Å². The van der Waals surface area contributed by atoms with Gasteiger partial charge in [-0.1, -0.05) is 41.4 Å². The molecule has 0 saturated heterocycles. The molecule has 0 bridgehead atoms. The van der Waals surface area contributed by atoms with Gasteiger partial charge < -0.3 is 4.40 Å². The quantitative estimate of drug-likeness (QED) is 0.233. The van der Waals surface area contributed by atoms with Crippen molar-refractivity contribution in [2.45, 2.75) is 0 Å². The van der Waals surface area contributed by atoms with Crippen LogP contribution in [-0.4, -0.2) is 15.1 Å². The van der Waals surface area contributed by atoms with E-state index in [9.17, 15) is 14.9 Å². The van der Waals surface area contributed by atoms with E-state index >= 15 is 0 Å². The first-order valence-electron chi connectivity index (χ1n) is 8.30. The first kappa shape index (κ1) is 18.2. The van der Waals surface area contributed by atoms with Crippen molar-refractivity contribution in [2.24, 2.45) is 0 Å². The van der Waals surface area contributed by atoms with Crippen molar-refractivity contribution in [3.63, 3.8) is 0 Å². The van der Waals surface area contributed by atoms with E-state index in [-0.39, 0.29) is 22.1 Å². The minimum Gasteiger partial charge on any atom is -0.313 e. The lowest BCUT2D eigenvalue weighted by Gasteiger charge is -2.07. The van der Waals surface area contributed by atoms with Crippen LogP contribution in [0.2, 0.25) is 10.0 Å². The molecule has 0 saturated carbocycles. The zero-order chi connectivity index (χ0) is 19.8. The molecular formula is C21H12Cl2N2O3. The van der Waals surface area contributed by atoms with Crippen molar-refractivity contribution >= 4 is 40.2 Å². The molecule has 138 valence electrons. The zero-order valence-electron chi connectivity index (χ0n) is 14.3. The van der Waals surface area contributed by atoms with Crippen LogP contribution in [0.1, 0.15) is 16.1 Å². The summed E-state index contributed by atoms with van der Waals surface area (Å²) in [5, 5.41) is 11.8. The van der Waals surface area contributed by atoms with Crippen LogP contribution in [0, 0.1) is 10.1 Å². The summed E-state index contributed by atoms with van der Waals surface area (Å²) in [7, 11) is 0. The smallest absolute Gasteiger partial charge is 0.288 e. The van der Waals surface area contributed by atoms with E-state index in [1.165, 1.54) is 18.2 Å². The van der Waals surface area contributed by atoms with Crippen LogP contribution in [0.15, 0.2) is 72.9 Å². The number of nitrogens with zero attached hydrogens (tertiary/aromatic N) is 2. The topological polar surface area (TPSA) is 64.6 Å². The van der Waals surface area contributed by atoms with Crippen molar-refractivity contribution in [1.82, 2.24) is 4.40 Å². The van der Waals surface area contributed by atoms with Gasteiger partial charge in [-0.2, -0.15) is 0 Å². The van der Waals surface area contributed by atoms with Crippen LogP contribution in [0.5, 0.6) is 0 Å². The van der Waals surface area contributed by atoms with Gasteiger partial charge in [0.2, 0.25) is 5.78 Å². The molecule has 2 aromatic carbocycles. The van der Waals surface area contributed by atoms with Gasteiger partial charge in [0, 0.05) is 33.9 Å². The Hall–Kier alpha value is -3.15. The fourth-order valence-electron chi connectivity index (χ4n) is 3.14. The normalized spacial score (nSPS) is 10.9. The number of nitro benzene ring substituents is 1. The number of carbonyl (C=O) groups is 1. The summed E-state index contributed by atoms with van der Waals surface area (Å²) in [6, 6.07) is 18.7. The van der Waals surface area contributed by atoms with E-state index in [4.69, 9.17) is 23.2 Å². The molecule has 4 rings (SSSR count). The number of hydrogen-bond acceptors (Lipinski definition) is 3. The molecule has 0 aliphatic carbocycles. The Morgan fingerprint density at radius 3 is 2.43 bits per heavy atom. The highest BCUT2D eigenvalue weighted by Gasteiger charge is 2.23. The molecule has 2 aromatic heterocycles. The summed E-state index contributed by atoms with van der Waals surface area (Å²) in [4.78, 5) is 24.0. The zero-order valence-corrected chi connectivity index (χ0v) is 15.8. The maximum absolute atomic E-state index is 13.4. The molecule has 0 unspecified atom stereocenters. The molecule has 0 atom stereocenters. The molecular weight excluding hydrogens is 399 g/mol. The third kappa shape index (κ3) is 3.15. The molecule has 0 radical (unpaired) electrons. The predicted molar refractivity (Wildman–Crippen MR) is 109 cm³/mol. The summed E-state index contributed by atoms with van der Waals surface area (Å²) in [5.74, 6) is -0.337. The highest BCUT2D eigenvalue weighted by Crippen LogP contribution is 2.32. The van der Waals surface area contributed by atoms with E-state index in [0.29, 0.717) is 16.3 Å². The predicted octanol–water partition coefficient (Wildman–Crippen LogP) is 6.05. The van der Waals surface area contributed by atoms with Gasteiger partial charge in [-0.3, -0.25) is 14.9 Å². The van der Waals surface area contributed by atoms with Crippen molar-refractivity contribution in [3.8, 4) is 11.1 Å². The largest absolute Gasteiger partial charge is 0.313 e. The van der Waals surface area contributed by atoms with Crippen LogP contribution in [-0.2, 0) is 0 Å². The molecule has 2 heterocycles. The van der Waals surface area contributed by atoms with Crippen LogP contribution in [0.4, 0.5) is 5.69 Å². The highest BCUT2D eigenvalue weighted by atomic mass is 35.5. The van der Waals surface area contributed by atoms with Gasteiger partial charge in [-0.05, 0) is 48.0 Å². The van der Waals surface area contributed by atoms with Crippen molar-refractivity contribution < 1.29 is 9.72 Å². The van der Waals surface area contributed by atoms with E-state index in [1.807, 2.05) is 36.4 Å². The number of rotatable bonds is 4. The highest BCUT2D eigenvalue weighted by molar-refractivity contribution is 6.33. The summed E-state index contributed by atoms with van der Waals surface area (Å²) < 4.78 is 1.77. The molecule has 4 aromatic rings. The number of benzene rings is 2. The van der Waals surface area contributed by atoms with Crippen molar-refractivity contribution in [3.05, 3.63) is 104 Å². The van der Waals surface area contributed by atoms with E-state index in [2.05, 4.69) is 0 Å². The maximum Gasteiger partial charge on any atom is 0.288 e. The van der Waals surface area contributed by atoms with Gasteiger partial charge >= 0.3 is 0 Å². The van der Waals surface area contributed by atoms with Gasteiger partial charge in [0.05, 0.1) is 4.92 Å². The van der Waals surface area contributed by atoms with Crippen LogP contribution < -0.4 is 0 Å². The second kappa shape index (κ2) is 7.11. The molecule has 0 amide bonds. The van der Waals surface area contributed by atoms with E-state index < -0.39 is 4.92 Å².